The van der Waals surface area contributed by atoms with E-state index in [4.69, 9.17) is 16.9 Å². The van der Waals surface area contributed by atoms with E-state index in [1.165, 1.54) is 0 Å². The third-order valence-electron chi connectivity index (χ3n) is 2.74. The highest BCUT2D eigenvalue weighted by atomic mass is 35.5. The molecule has 2 aromatic rings. The summed E-state index contributed by atoms with van der Waals surface area (Å²) in [6.45, 7) is 2.04. The molecule has 1 nitrogen and oxygen atoms in total. The van der Waals surface area contributed by atoms with Crippen LogP contribution in [0.25, 0.3) is 11.1 Å². The Bertz CT molecular complexity index is 582. The minimum absolute atomic E-state index is 0.448. The van der Waals surface area contributed by atoms with E-state index < -0.39 is 0 Å². The molecule has 2 heteroatoms. The van der Waals surface area contributed by atoms with Crippen molar-refractivity contribution in [3.05, 3.63) is 58.6 Å². The molecule has 0 saturated heterocycles. The zero-order valence-electron chi connectivity index (χ0n) is 9.57. The van der Waals surface area contributed by atoms with Gasteiger partial charge in [0.25, 0.3) is 0 Å². The first-order valence-corrected chi connectivity index (χ1v) is 5.81. The van der Waals surface area contributed by atoms with Crippen LogP contribution in [-0.2, 0) is 6.42 Å². The molecule has 2 aromatic carbocycles. The number of halogens is 1. The van der Waals surface area contributed by atoms with Gasteiger partial charge in [0, 0.05) is 10.6 Å². The second-order valence-corrected chi connectivity index (χ2v) is 4.37. The average Bonchev–Trinajstić information content (AvgIpc) is 2.31. The Balaban J connectivity index is 2.48. The van der Waals surface area contributed by atoms with Gasteiger partial charge in [-0.05, 0) is 29.7 Å². The lowest BCUT2D eigenvalue weighted by molar-refractivity contribution is 1.25. The first-order chi connectivity index (χ1) is 8.22. The summed E-state index contributed by atoms with van der Waals surface area (Å²) < 4.78 is 0. The maximum atomic E-state index is 8.67. The van der Waals surface area contributed by atoms with Crippen molar-refractivity contribution >= 4 is 11.6 Å². The van der Waals surface area contributed by atoms with Crippen molar-refractivity contribution in [1.29, 1.82) is 5.26 Å². The quantitative estimate of drug-likeness (QED) is 0.765. The van der Waals surface area contributed by atoms with E-state index in [2.05, 4.69) is 6.07 Å². The zero-order chi connectivity index (χ0) is 12.3. The van der Waals surface area contributed by atoms with Crippen LogP contribution in [-0.4, -0.2) is 0 Å². The minimum atomic E-state index is 0.448. The Kier molecular flexibility index (Phi) is 3.46. The summed E-state index contributed by atoms with van der Waals surface area (Å²) >= 11 is 6.18. The summed E-state index contributed by atoms with van der Waals surface area (Å²) in [5, 5.41) is 9.42. The predicted octanol–water partition coefficient (Wildman–Crippen LogP) is 4.38. The van der Waals surface area contributed by atoms with Crippen LogP contribution in [0.4, 0.5) is 0 Å². The standard InChI is InChI=1S/C15H12ClN/c1-11-10-12(8-9-17)6-7-13(11)14-4-2-3-5-15(14)16/h2-7,10H,8H2,1H3. The molecule has 0 bridgehead atoms. The van der Waals surface area contributed by atoms with Gasteiger partial charge in [0.2, 0.25) is 0 Å². The number of hydrogen-bond donors (Lipinski definition) is 0. The minimum Gasteiger partial charge on any atom is -0.198 e. The smallest absolute Gasteiger partial charge is 0.0669 e. The van der Waals surface area contributed by atoms with Crippen LogP contribution in [0.3, 0.4) is 0 Å². The second-order valence-electron chi connectivity index (χ2n) is 3.96. The molecule has 17 heavy (non-hydrogen) atoms. The highest BCUT2D eigenvalue weighted by Gasteiger charge is 2.06. The highest BCUT2D eigenvalue weighted by molar-refractivity contribution is 6.33. The fourth-order valence-electron chi connectivity index (χ4n) is 1.91. The number of benzene rings is 2. The summed E-state index contributed by atoms with van der Waals surface area (Å²) in [6.07, 6.45) is 0.448. The van der Waals surface area contributed by atoms with E-state index >= 15 is 0 Å². The first-order valence-electron chi connectivity index (χ1n) is 5.44. The Hall–Kier alpha value is -1.78. The van der Waals surface area contributed by atoms with Gasteiger partial charge in [-0.25, -0.2) is 0 Å². The van der Waals surface area contributed by atoms with Gasteiger partial charge in [0.15, 0.2) is 0 Å². The lowest BCUT2D eigenvalue weighted by Crippen LogP contribution is -1.88. The normalized spacial score (nSPS) is 9.94. The number of hydrogen-bond acceptors (Lipinski definition) is 1. The van der Waals surface area contributed by atoms with E-state index in [0.717, 1.165) is 27.3 Å². The van der Waals surface area contributed by atoms with Crippen molar-refractivity contribution in [3.63, 3.8) is 0 Å². The average molecular weight is 242 g/mol. The topological polar surface area (TPSA) is 23.8 Å². The molecule has 84 valence electrons. The Labute approximate surface area is 106 Å². The van der Waals surface area contributed by atoms with Crippen molar-refractivity contribution in [2.75, 3.05) is 0 Å². The van der Waals surface area contributed by atoms with Crippen LogP contribution < -0.4 is 0 Å². The lowest BCUT2D eigenvalue weighted by Gasteiger charge is -2.09. The molecule has 0 fully saturated rings. The van der Waals surface area contributed by atoms with Gasteiger partial charge in [-0.2, -0.15) is 5.26 Å². The van der Waals surface area contributed by atoms with Crippen molar-refractivity contribution in [1.82, 2.24) is 0 Å². The molecule has 0 saturated carbocycles. The van der Waals surface area contributed by atoms with Crippen LogP contribution in [0.1, 0.15) is 11.1 Å². The molecular weight excluding hydrogens is 230 g/mol. The molecule has 0 radical (unpaired) electrons. The molecule has 0 aliphatic rings. The van der Waals surface area contributed by atoms with Gasteiger partial charge < -0.3 is 0 Å². The zero-order valence-corrected chi connectivity index (χ0v) is 10.3. The summed E-state index contributed by atoms with van der Waals surface area (Å²) in [7, 11) is 0. The molecule has 0 aliphatic heterocycles. The number of rotatable bonds is 2. The molecule has 0 aromatic heterocycles. The number of nitrogens with zero attached hydrogens (tertiary/aromatic N) is 1. The van der Waals surface area contributed by atoms with Gasteiger partial charge in [-0.3, -0.25) is 0 Å². The van der Waals surface area contributed by atoms with E-state index in [9.17, 15) is 0 Å². The lowest BCUT2D eigenvalue weighted by atomic mass is 9.98. The molecule has 0 amide bonds. The van der Waals surface area contributed by atoms with E-state index in [0.29, 0.717) is 6.42 Å². The van der Waals surface area contributed by atoms with Crippen LogP contribution >= 0.6 is 11.6 Å². The number of nitriles is 1. The van der Waals surface area contributed by atoms with Crippen LogP contribution in [0.15, 0.2) is 42.5 Å². The summed E-state index contributed by atoms with van der Waals surface area (Å²) in [5.41, 5.74) is 4.35. The summed E-state index contributed by atoms with van der Waals surface area (Å²) in [4.78, 5) is 0. The first kappa shape index (κ1) is 11.7. The van der Waals surface area contributed by atoms with Gasteiger partial charge in [0.05, 0.1) is 12.5 Å². The highest BCUT2D eigenvalue weighted by Crippen LogP contribution is 2.30. The molecule has 2 rings (SSSR count). The van der Waals surface area contributed by atoms with Gasteiger partial charge in [-0.1, -0.05) is 48.0 Å². The Morgan fingerprint density at radius 1 is 1.12 bits per heavy atom. The van der Waals surface area contributed by atoms with Crippen LogP contribution in [0, 0.1) is 18.3 Å². The maximum absolute atomic E-state index is 8.67. The molecular formula is C15H12ClN. The van der Waals surface area contributed by atoms with E-state index in [1.54, 1.807) is 0 Å². The summed E-state index contributed by atoms with van der Waals surface area (Å²) in [6, 6.07) is 16.0. The molecule has 0 heterocycles. The van der Waals surface area contributed by atoms with Gasteiger partial charge in [0.1, 0.15) is 0 Å². The molecule has 0 spiro atoms. The molecule has 0 atom stereocenters. The maximum Gasteiger partial charge on any atom is 0.0669 e. The van der Waals surface area contributed by atoms with E-state index in [-0.39, 0.29) is 0 Å². The van der Waals surface area contributed by atoms with Crippen molar-refractivity contribution in [2.24, 2.45) is 0 Å². The van der Waals surface area contributed by atoms with Gasteiger partial charge >= 0.3 is 0 Å². The molecule has 0 aliphatic carbocycles. The largest absolute Gasteiger partial charge is 0.198 e. The van der Waals surface area contributed by atoms with Crippen molar-refractivity contribution < 1.29 is 0 Å². The van der Waals surface area contributed by atoms with Crippen LogP contribution in [0.5, 0.6) is 0 Å². The molecule has 0 unspecified atom stereocenters. The fourth-order valence-corrected chi connectivity index (χ4v) is 2.15. The number of aryl methyl sites for hydroxylation is 1. The third kappa shape index (κ3) is 2.49. The SMILES string of the molecule is Cc1cc(CC#N)ccc1-c1ccccc1Cl. The third-order valence-corrected chi connectivity index (χ3v) is 3.07. The Morgan fingerprint density at radius 3 is 2.53 bits per heavy atom. The van der Waals surface area contributed by atoms with Crippen molar-refractivity contribution in [3.8, 4) is 17.2 Å². The predicted molar refractivity (Wildman–Crippen MR) is 70.9 cm³/mol. The monoisotopic (exact) mass is 241 g/mol. The second kappa shape index (κ2) is 5.03. The summed E-state index contributed by atoms with van der Waals surface area (Å²) in [5.74, 6) is 0. The molecule has 0 N–H and O–H groups in total. The van der Waals surface area contributed by atoms with E-state index in [1.807, 2.05) is 49.4 Å². The fraction of sp³-hybridized carbons (Fsp3) is 0.133. The van der Waals surface area contributed by atoms with Crippen molar-refractivity contribution in [2.45, 2.75) is 13.3 Å². The van der Waals surface area contributed by atoms with Gasteiger partial charge in [-0.15, -0.1) is 0 Å². The van der Waals surface area contributed by atoms with Crippen LogP contribution in [0.2, 0.25) is 5.02 Å². The Morgan fingerprint density at radius 2 is 1.88 bits per heavy atom.